The summed E-state index contributed by atoms with van der Waals surface area (Å²) in [7, 11) is 0. The Morgan fingerprint density at radius 2 is 1.95 bits per heavy atom. The van der Waals surface area contributed by atoms with E-state index in [1.165, 1.54) is 30.6 Å². The first-order valence-electron chi connectivity index (χ1n) is 7.59. The van der Waals surface area contributed by atoms with Gasteiger partial charge in [-0.1, -0.05) is 13.8 Å². The molecule has 4 nitrogen and oxygen atoms in total. The van der Waals surface area contributed by atoms with Crippen molar-refractivity contribution in [3.05, 3.63) is 11.3 Å². The lowest BCUT2D eigenvalue weighted by atomic mass is 10.0. The highest BCUT2D eigenvalue weighted by atomic mass is 15.3. The fraction of sp³-hybridized carbons (Fsp3) is 0.733. The molecular weight excluding hydrogens is 236 g/mol. The lowest BCUT2D eigenvalue weighted by Gasteiger charge is -2.36. The summed E-state index contributed by atoms with van der Waals surface area (Å²) in [5.74, 6) is 1.94. The molecule has 19 heavy (non-hydrogen) atoms. The van der Waals surface area contributed by atoms with Crippen LogP contribution in [0.5, 0.6) is 0 Å². The number of nitrogens with zero attached hydrogens (tertiary/aromatic N) is 3. The van der Waals surface area contributed by atoms with Crippen molar-refractivity contribution < 1.29 is 0 Å². The zero-order valence-electron chi connectivity index (χ0n) is 12.7. The van der Waals surface area contributed by atoms with Crippen LogP contribution in [0.25, 0.3) is 0 Å². The lowest BCUT2D eigenvalue weighted by Crippen LogP contribution is -2.39. The van der Waals surface area contributed by atoms with Gasteiger partial charge in [0.25, 0.3) is 0 Å². The maximum atomic E-state index is 4.77. The molecular formula is C15H26N4. The molecule has 2 heterocycles. The molecule has 1 N–H and O–H groups in total. The van der Waals surface area contributed by atoms with Crippen LogP contribution in [0.2, 0.25) is 0 Å². The van der Waals surface area contributed by atoms with Crippen LogP contribution in [0.4, 0.5) is 11.8 Å². The van der Waals surface area contributed by atoms with Crippen molar-refractivity contribution in [2.75, 3.05) is 23.3 Å². The van der Waals surface area contributed by atoms with E-state index in [9.17, 15) is 0 Å². The Balaban J connectivity index is 2.40. The summed E-state index contributed by atoms with van der Waals surface area (Å²) in [6.07, 6.45) is 4.68. The Morgan fingerprint density at radius 3 is 2.58 bits per heavy atom. The highest BCUT2D eigenvalue weighted by Gasteiger charge is 2.25. The smallest absolute Gasteiger partial charge is 0.224 e. The van der Waals surface area contributed by atoms with E-state index in [1.807, 2.05) is 0 Å². The van der Waals surface area contributed by atoms with Gasteiger partial charge in [0.05, 0.1) is 0 Å². The number of rotatable bonds is 5. The van der Waals surface area contributed by atoms with Gasteiger partial charge >= 0.3 is 0 Å². The van der Waals surface area contributed by atoms with Crippen molar-refractivity contribution in [3.8, 4) is 0 Å². The third-order valence-corrected chi connectivity index (χ3v) is 4.01. The number of hydrogen-bond donors (Lipinski definition) is 1. The predicted octanol–water partition coefficient (Wildman–Crippen LogP) is 3.16. The van der Waals surface area contributed by atoms with Gasteiger partial charge < -0.3 is 10.2 Å². The molecule has 0 aromatic carbocycles. The van der Waals surface area contributed by atoms with Gasteiger partial charge in [0.1, 0.15) is 5.82 Å². The van der Waals surface area contributed by atoms with E-state index >= 15 is 0 Å². The van der Waals surface area contributed by atoms with Crippen molar-refractivity contribution in [2.24, 2.45) is 0 Å². The minimum Gasteiger partial charge on any atom is -0.354 e. The minimum atomic E-state index is 0.600. The Morgan fingerprint density at radius 1 is 1.21 bits per heavy atom. The van der Waals surface area contributed by atoms with Crippen LogP contribution in [-0.2, 0) is 6.42 Å². The molecule has 1 aliphatic heterocycles. The van der Waals surface area contributed by atoms with E-state index in [2.05, 4.69) is 42.9 Å². The topological polar surface area (TPSA) is 41.1 Å². The molecule has 0 saturated heterocycles. The summed E-state index contributed by atoms with van der Waals surface area (Å²) in [5.41, 5.74) is 2.48. The quantitative estimate of drug-likeness (QED) is 0.885. The van der Waals surface area contributed by atoms with E-state index in [0.29, 0.717) is 6.04 Å². The van der Waals surface area contributed by atoms with Crippen LogP contribution in [0.15, 0.2) is 0 Å². The summed E-state index contributed by atoms with van der Waals surface area (Å²) in [5, 5.41) is 3.25. The summed E-state index contributed by atoms with van der Waals surface area (Å²) in [4.78, 5) is 11.8. The zero-order chi connectivity index (χ0) is 13.8. The minimum absolute atomic E-state index is 0.600. The molecule has 2 rings (SSSR count). The number of anilines is 2. The molecule has 0 fully saturated rings. The third kappa shape index (κ3) is 2.82. The summed E-state index contributed by atoms with van der Waals surface area (Å²) < 4.78 is 0. The molecule has 4 heteroatoms. The van der Waals surface area contributed by atoms with Crippen LogP contribution >= 0.6 is 0 Å². The van der Waals surface area contributed by atoms with E-state index in [4.69, 9.17) is 4.98 Å². The maximum Gasteiger partial charge on any atom is 0.224 e. The summed E-state index contributed by atoms with van der Waals surface area (Å²) in [6, 6.07) is 0.600. The monoisotopic (exact) mass is 262 g/mol. The average molecular weight is 262 g/mol. The Labute approximate surface area is 116 Å². The van der Waals surface area contributed by atoms with Gasteiger partial charge in [-0.05, 0) is 39.5 Å². The number of aromatic nitrogens is 2. The normalized spacial score (nSPS) is 14.7. The van der Waals surface area contributed by atoms with Crippen LogP contribution in [0.1, 0.15) is 51.3 Å². The third-order valence-electron chi connectivity index (χ3n) is 4.01. The zero-order valence-corrected chi connectivity index (χ0v) is 12.7. The Hall–Kier alpha value is -1.32. The van der Waals surface area contributed by atoms with Gasteiger partial charge in [-0.25, -0.2) is 4.98 Å². The number of fused-ring (bicyclic) bond motifs is 1. The number of nitrogens with one attached hydrogen (secondary N) is 1. The summed E-state index contributed by atoms with van der Waals surface area (Å²) in [6.45, 7) is 10.7. The second kappa shape index (κ2) is 6.22. The Bertz CT molecular complexity index is 426. The standard InChI is InChI=1S/C15H26N4/c1-5-12(6-2)19-10-8-9-13-11(4)17-15(16-7-3)18-14(13)19/h12H,5-10H2,1-4H3,(H,16,17,18). The largest absolute Gasteiger partial charge is 0.354 e. The molecule has 0 amide bonds. The Kier molecular flexibility index (Phi) is 4.61. The molecule has 0 aliphatic carbocycles. The maximum absolute atomic E-state index is 4.77. The molecule has 106 valence electrons. The van der Waals surface area contributed by atoms with Crippen LogP contribution in [-0.4, -0.2) is 29.1 Å². The van der Waals surface area contributed by atoms with Gasteiger partial charge in [-0.3, -0.25) is 0 Å². The van der Waals surface area contributed by atoms with Gasteiger partial charge in [0, 0.05) is 30.4 Å². The predicted molar refractivity (Wildman–Crippen MR) is 81.0 cm³/mol. The molecule has 0 unspecified atom stereocenters. The highest BCUT2D eigenvalue weighted by Crippen LogP contribution is 2.31. The number of hydrogen-bond acceptors (Lipinski definition) is 4. The van der Waals surface area contributed by atoms with Crippen LogP contribution < -0.4 is 10.2 Å². The summed E-state index contributed by atoms with van der Waals surface area (Å²) >= 11 is 0. The van der Waals surface area contributed by atoms with Crippen molar-refractivity contribution in [1.82, 2.24) is 9.97 Å². The SMILES string of the molecule is CCNc1nc(C)c2c(n1)N(C(CC)CC)CCC2. The van der Waals surface area contributed by atoms with Gasteiger partial charge in [0.15, 0.2) is 0 Å². The van der Waals surface area contributed by atoms with Gasteiger partial charge in [0.2, 0.25) is 5.95 Å². The van der Waals surface area contributed by atoms with Crippen molar-refractivity contribution in [2.45, 2.75) is 59.4 Å². The van der Waals surface area contributed by atoms with Crippen LogP contribution in [0.3, 0.4) is 0 Å². The van der Waals surface area contributed by atoms with E-state index < -0.39 is 0 Å². The molecule has 0 radical (unpaired) electrons. The lowest BCUT2D eigenvalue weighted by molar-refractivity contribution is 0.525. The second-order valence-electron chi connectivity index (χ2n) is 5.23. The number of aryl methyl sites for hydroxylation is 1. The van der Waals surface area contributed by atoms with Crippen molar-refractivity contribution >= 4 is 11.8 Å². The van der Waals surface area contributed by atoms with Crippen molar-refractivity contribution in [1.29, 1.82) is 0 Å². The molecule has 0 atom stereocenters. The molecule has 0 bridgehead atoms. The van der Waals surface area contributed by atoms with Gasteiger partial charge in [-0.15, -0.1) is 0 Å². The first kappa shape index (κ1) is 14.1. The first-order chi connectivity index (χ1) is 9.21. The second-order valence-corrected chi connectivity index (χ2v) is 5.23. The van der Waals surface area contributed by atoms with Gasteiger partial charge in [-0.2, -0.15) is 4.98 Å². The fourth-order valence-corrected chi connectivity index (χ4v) is 2.97. The van der Waals surface area contributed by atoms with Crippen molar-refractivity contribution in [3.63, 3.8) is 0 Å². The van der Waals surface area contributed by atoms with E-state index in [1.54, 1.807) is 0 Å². The van der Waals surface area contributed by atoms with E-state index in [0.717, 1.165) is 31.2 Å². The average Bonchev–Trinajstić information content (AvgIpc) is 2.41. The van der Waals surface area contributed by atoms with Crippen LogP contribution in [0, 0.1) is 6.92 Å². The molecule has 0 spiro atoms. The highest BCUT2D eigenvalue weighted by molar-refractivity contribution is 5.55. The molecule has 1 aromatic rings. The first-order valence-corrected chi connectivity index (χ1v) is 7.59. The molecule has 1 aromatic heterocycles. The molecule has 0 saturated carbocycles. The van der Waals surface area contributed by atoms with E-state index in [-0.39, 0.29) is 0 Å². The fourth-order valence-electron chi connectivity index (χ4n) is 2.97. The molecule has 1 aliphatic rings.